The molecule has 1 aliphatic rings. The molecule has 3 rings (SSSR count). The number of amides is 1. The lowest BCUT2D eigenvalue weighted by molar-refractivity contribution is -0.160. The van der Waals surface area contributed by atoms with Crippen molar-refractivity contribution in [3.63, 3.8) is 0 Å². The molecule has 0 spiro atoms. The minimum Gasteiger partial charge on any atom is -0.459 e. The first-order chi connectivity index (χ1) is 13.7. The van der Waals surface area contributed by atoms with Crippen LogP contribution in [0.4, 0.5) is 4.79 Å². The van der Waals surface area contributed by atoms with Crippen LogP contribution in [0.2, 0.25) is 0 Å². The molecule has 1 saturated heterocycles. The number of esters is 1. The number of hydrogen-bond acceptors (Lipinski definition) is 5. The fourth-order valence-electron chi connectivity index (χ4n) is 3.29. The summed E-state index contributed by atoms with van der Waals surface area (Å²) in [6, 6.07) is 18.1. The van der Waals surface area contributed by atoms with Gasteiger partial charge in [-0.2, -0.15) is 0 Å². The predicted octanol–water partition coefficient (Wildman–Crippen LogP) is 3.89. The topological polar surface area (TPSA) is 65.1 Å². The highest BCUT2D eigenvalue weighted by molar-refractivity contribution is 5.81. The van der Waals surface area contributed by atoms with Crippen molar-refractivity contribution >= 4 is 12.1 Å². The lowest BCUT2D eigenvalue weighted by atomic mass is 10.0. The van der Waals surface area contributed by atoms with Crippen LogP contribution in [0.3, 0.4) is 0 Å². The van der Waals surface area contributed by atoms with E-state index in [2.05, 4.69) is 0 Å². The molecular formula is C22H25NO5. The van der Waals surface area contributed by atoms with Gasteiger partial charge in [0.2, 0.25) is 0 Å². The first-order valence-electron chi connectivity index (χ1n) is 9.41. The number of benzene rings is 2. The molecule has 0 aliphatic carbocycles. The van der Waals surface area contributed by atoms with E-state index < -0.39 is 24.3 Å². The van der Waals surface area contributed by atoms with Crippen LogP contribution >= 0.6 is 0 Å². The van der Waals surface area contributed by atoms with Crippen molar-refractivity contribution < 1.29 is 23.8 Å². The number of carbonyl (C=O) groups excluding carboxylic acids is 2. The molecule has 148 valence electrons. The molecule has 6 nitrogen and oxygen atoms in total. The number of carbonyl (C=O) groups is 2. The van der Waals surface area contributed by atoms with E-state index in [0.29, 0.717) is 12.8 Å². The number of likely N-dealkylation sites (tertiary alicyclic amines) is 1. The zero-order valence-corrected chi connectivity index (χ0v) is 16.0. The van der Waals surface area contributed by atoms with Gasteiger partial charge in [-0.15, -0.1) is 0 Å². The van der Waals surface area contributed by atoms with E-state index in [1.165, 1.54) is 12.0 Å². The molecule has 1 unspecified atom stereocenters. The summed E-state index contributed by atoms with van der Waals surface area (Å²) in [5, 5.41) is 0. The van der Waals surface area contributed by atoms with Gasteiger partial charge in [-0.3, -0.25) is 4.90 Å². The van der Waals surface area contributed by atoms with Crippen molar-refractivity contribution in [1.82, 2.24) is 4.90 Å². The Labute approximate surface area is 165 Å². The van der Waals surface area contributed by atoms with E-state index in [1.54, 1.807) is 0 Å². The molecule has 0 bridgehead atoms. The summed E-state index contributed by atoms with van der Waals surface area (Å²) >= 11 is 0. The van der Waals surface area contributed by atoms with E-state index in [-0.39, 0.29) is 13.2 Å². The van der Waals surface area contributed by atoms with E-state index in [0.717, 1.165) is 17.5 Å². The molecular weight excluding hydrogens is 358 g/mol. The van der Waals surface area contributed by atoms with E-state index in [1.807, 2.05) is 60.7 Å². The maximum Gasteiger partial charge on any atom is 0.412 e. The fraction of sp³-hybridized carbons (Fsp3) is 0.364. The Bertz CT molecular complexity index is 765. The van der Waals surface area contributed by atoms with Gasteiger partial charge in [-0.25, -0.2) is 9.59 Å². The van der Waals surface area contributed by atoms with Crippen molar-refractivity contribution in [2.45, 2.75) is 44.7 Å². The molecule has 0 saturated carbocycles. The highest BCUT2D eigenvalue weighted by Gasteiger charge is 2.40. The lowest BCUT2D eigenvalue weighted by Crippen LogP contribution is -2.54. The molecule has 0 aromatic heterocycles. The second-order valence-corrected chi connectivity index (χ2v) is 6.68. The maximum atomic E-state index is 12.7. The van der Waals surface area contributed by atoms with Crippen LogP contribution in [0.15, 0.2) is 60.7 Å². The molecule has 2 atom stereocenters. The van der Waals surface area contributed by atoms with Gasteiger partial charge >= 0.3 is 12.1 Å². The van der Waals surface area contributed by atoms with Crippen LogP contribution in [0.1, 0.15) is 30.4 Å². The standard InChI is InChI=1S/C22H25NO5/c1-26-20-14-8-13-19(21(24)27-15-17-9-4-2-5-10-17)23(20)22(25)28-16-18-11-6-3-7-12-18/h2-7,9-12,19-20H,8,13-16H2,1H3/t19-,20?/m1/s1. The summed E-state index contributed by atoms with van der Waals surface area (Å²) in [4.78, 5) is 26.8. The van der Waals surface area contributed by atoms with Crippen molar-refractivity contribution in [3.05, 3.63) is 71.8 Å². The summed E-state index contributed by atoms with van der Waals surface area (Å²) in [6.07, 6.45) is 0.864. The predicted molar refractivity (Wildman–Crippen MR) is 103 cm³/mol. The van der Waals surface area contributed by atoms with Crippen LogP contribution in [0, 0.1) is 0 Å². The van der Waals surface area contributed by atoms with Gasteiger partial charge in [-0.05, 0) is 30.4 Å². The highest BCUT2D eigenvalue weighted by Crippen LogP contribution is 2.26. The van der Waals surface area contributed by atoms with Crippen LogP contribution in [0.25, 0.3) is 0 Å². The Hall–Kier alpha value is -2.86. The zero-order chi connectivity index (χ0) is 19.8. The van der Waals surface area contributed by atoms with E-state index in [9.17, 15) is 9.59 Å². The first kappa shape index (κ1) is 19.9. The molecule has 28 heavy (non-hydrogen) atoms. The van der Waals surface area contributed by atoms with Crippen molar-refractivity contribution in [1.29, 1.82) is 0 Å². The number of piperidine rings is 1. The molecule has 1 amide bonds. The van der Waals surface area contributed by atoms with Crippen LogP contribution in [0.5, 0.6) is 0 Å². The van der Waals surface area contributed by atoms with Gasteiger partial charge in [0, 0.05) is 7.11 Å². The molecule has 1 aliphatic heterocycles. The van der Waals surface area contributed by atoms with Gasteiger partial charge < -0.3 is 14.2 Å². The second-order valence-electron chi connectivity index (χ2n) is 6.68. The maximum absolute atomic E-state index is 12.7. The first-order valence-corrected chi connectivity index (χ1v) is 9.41. The average molecular weight is 383 g/mol. The highest BCUT2D eigenvalue weighted by atomic mass is 16.6. The monoisotopic (exact) mass is 383 g/mol. The van der Waals surface area contributed by atoms with Crippen LogP contribution in [-0.4, -0.2) is 36.3 Å². The van der Waals surface area contributed by atoms with E-state index in [4.69, 9.17) is 14.2 Å². The van der Waals surface area contributed by atoms with Crippen molar-refractivity contribution in [2.75, 3.05) is 7.11 Å². The Balaban J connectivity index is 1.65. The molecule has 1 heterocycles. The minimum atomic E-state index is -0.717. The quantitative estimate of drug-likeness (QED) is 0.708. The molecule has 0 radical (unpaired) electrons. The Kier molecular flexibility index (Phi) is 7.03. The minimum absolute atomic E-state index is 0.137. The van der Waals surface area contributed by atoms with Gasteiger partial charge in [0.1, 0.15) is 25.5 Å². The van der Waals surface area contributed by atoms with Gasteiger partial charge in [0.15, 0.2) is 0 Å². The Morgan fingerprint density at radius 2 is 1.46 bits per heavy atom. The fourth-order valence-corrected chi connectivity index (χ4v) is 3.29. The number of methoxy groups -OCH3 is 1. The largest absolute Gasteiger partial charge is 0.459 e. The summed E-state index contributed by atoms with van der Waals surface area (Å²) in [5.74, 6) is -0.442. The molecule has 6 heteroatoms. The van der Waals surface area contributed by atoms with E-state index >= 15 is 0 Å². The lowest BCUT2D eigenvalue weighted by Gasteiger charge is -2.38. The third-order valence-electron chi connectivity index (χ3n) is 4.76. The normalized spacial score (nSPS) is 19.1. The zero-order valence-electron chi connectivity index (χ0n) is 16.0. The Morgan fingerprint density at radius 3 is 2.04 bits per heavy atom. The van der Waals surface area contributed by atoms with Gasteiger partial charge in [0.05, 0.1) is 0 Å². The van der Waals surface area contributed by atoms with Crippen molar-refractivity contribution in [3.8, 4) is 0 Å². The second kappa shape index (κ2) is 9.90. The average Bonchev–Trinajstić information content (AvgIpc) is 2.76. The SMILES string of the molecule is COC1CCC[C@H](C(=O)OCc2ccccc2)N1C(=O)OCc1ccccc1. The molecule has 2 aromatic rings. The third kappa shape index (κ3) is 5.10. The van der Waals surface area contributed by atoms with Crippen LogP contribution in [-0.2, 0) is 32.2 Å². The van der Waals surface area contributed by atoms with Gasteiger partial charge in [-0.1, -0.05) is 60.7 Å². The molecule has 2 aromatic carbocycles. The number of hydrogen-bond donors (Lipinski definition) is 0. The summed E-state index contributed by atoms with van der Waals surface area (Å²) in [5.41, 5.74) is 1.78. The summed E-state index contributed by atoms with van der Waals surface area (Å²) in [6.45, 7) is 0.305. The molecule has 1 fully saturated rings. The van der Waals surface area contributed by atoms with Gasteiger partial charge in [0.25, 0.3) is 0 Å². The number of nitrogens with zero attached hydrogens (tertiary/aromatic N) is 1. The third-order valence-corrected chi connectivity index (χ3v) is 4.76. The van der Waals surface area contributed by atoms with Crippen LogP contribution < -0.4 is 0 Å². The summed E-state index contributed by atoms with van der Waals surface area (Å²) < 4.78 is 16.3. The molecule has 0 N–H and O–H groups in total. The Morgan fingerprint density at radius 1 is 0.893 bits per heavy atom. The smallest absolute Gasteiger partial charge is 0.412 e. The number of rotatable bonds is 6. The van der Waals surface area contributed by atoms with Crippen molar-refractivity contribution in [2.24, 2.45) is 0 Å². The summed E-state index contributed by atoms with van der Waals surface area (Å²) in [7, 11) is 1.53. The number of ether oxygens (including phenoxy) is 3.